The van der Waals surface area contributed by atoms with Crippen LogP contribution in [-0.2, 0) is 4.79 Å². The lowest BCUT2D eigenvalue weighted by atomic mass is 10.1. The van der Waals surface area contributed by atoms with Gasteiger partial charge in [0.1, 0.15) is 11.4 Å². The molecule has 0 aromatic rings. The first kappa shape index (κ1) is 14.3. The molecular weight excluding hydrogens is 270 g/mol. The number of aliphatic hydroxyl groups is 1. The predicted octanol–water partition coefficient (Wildman–Crippen LogP) is 1.49. The third-order valence-electron chi connectivity index (χ3n) is 1.90. The highest BCUT2D eigenvalue weighted by Gasteiger charge is 2.49. The summed E-state index contributed by atoms with van der Waals surface area (Å²) in [4.78, 5) is 14.1. The van der Waals surface area contributed by atoms with Gasteiger partial charge >= 0.3 is 12.4 Å². The van der Waals surface area contributed by atoms with Gasteiger partial charge in [0.2, 0.25) is 5.76 Å². The largest absolute Gasteiger partial charge is 0.504 e. The summed E-state index contributed by atoms with van der Waals surface area (Å²) in [6.07, 6.45) is -11.0. The number of amidine groups is 1. The predicted molar refractivity (Wildman–Crippen MR) is 47.1 cm³/mol. The molecule has 0 aliphatic carbocycles. The fraction of sp³-hybridized carbons (Fsp3) is 0.500. The molecule has 0 atom stereocenters. The molecule has 0 aromatic carbocycles. The van der Waals surface area contributed by atoms with Crippen molar-refractivity contribution < 1.29 is 36.2 Å². The zero-order valence-electron chi connectivity index (χ0n) is 8.48. The van der Waals surface area contributed by atoms with E-state index in [2.05, 4.69) is 10.3 Å². The molecule has 0 saturated carbocycles. The van der Waals surface area contributed by atoms with Gasteiger partial charge in [-0.05, 0) is 0 Å². The molecule has 0 spiro atoms. The molecule has 0 saturated heterocycles. The van der Waals surface area contributed by atoms with Crippen LogP contribution in [0.25, 0.3) is 0 Å². The Morgan fingerprint density at radius 2 is 1.72 bits per heavy atom. The van der Waals surface area contributed by atoms with Crippen molar-refractivity contribution in [2.75, 3.05) is 13.1 Å². The normalized spacial score (nSPS) is 18.0. The number of allylic oxidation sites excluding steroid dienone is 1. The second-order valence-electron chi connectivity index (χ2n) is 3.21. The Hall–Kier alpha value is -1.74. The van der Waals surface area contributed by atoms with Crippen LogP contribution in [0, 0.1) is 0 Å². The Kier molecular flexibility index (Phi) is 3.58. The molecule has 2 N–H and O–H groups in total. The van der Waals surface area contributed by atoms with Gasteiger partial charge in [-0.15, -0.1) is 0 Å². The van der Waals surface area contributed by atoms with Crippen LogP contribution >= 0.6 is 0 Å². The molecule has 10 heteroatoms. The van der Waals surface area contributed by atoms with Crippen molar-refractivity contribution in [2.45, 2.75) is 12.4 Å². The van der Waals surface area contributed by atoms with Crippen LogP contribution in [0.2, 0.25) is 0 Å². The number of hydrogen-bond donors (Lipinski definition) is 2. The molecule has 1 rings (SSSR count). The standard InChI is InChI=1S/C8H6F6N2O2/c9-7(10,11)4(17)3(5(18)8(12,13)14)6-15-1-2-16-6/h17H,1-2H2,(H,15,16). The second kappa shape index (κ2) is 4.50. The SMILES string of the molecule is O=C(C(C1=NCCN1)=C(O)C(F)(F)F)C(F)(F)F. The number of halogens is 6. The highest BCUT2D eigenvalue weighted by molar-refractivity contribution is 6.24. The number of carbonyl (C=O) groups is 1. The quantitative estimate of drug-likeness (QED) is 0.456. The topological polar surface area (TPSA) is 61.7 Å². The first-order valence-corrected chi connectivity index (χ1v) is 4.46. The molecule has 1 aliphatic rings. The number of Topliss-reactive ketones (excluding diaryl/α,β-unsaturated/α-hetero) is 1. The lowest BCUT2D eigenvalue weighted by Crippen LogP contribution is -2.36. The molecule has 4 nitrogen and oxygen atoms in total. The summed E-state index contributed by atoms with van der Waals surface area (Å²) >= 11 is 0. The maximum Gasteiger partial charge on any atom is 0.455 e. The van der Waals surface area contributed by atoms with Gasteiger partial charge in [-0.3, -0.25) is 9.79 Å². The van der Waals surface area contributed by atoms with Gasteiger partial charge in [0.05, 0.1) is 6.54 Å². The van der Waals surface area contributed by atoms with Crippen molar-refractivity contribution in [3.8, 4) is 0 Å². The smallest absolute Gasteiger partial charge is 0.455 e. The van der Waals surface area contributed by atoms with Gasteiger partial charge in [0, 0.05) is 6.54 Å². The fourth-order valence-electron chi connectivity index (χ4n) is 1.18. The van der Waals surface area contributed by atoms with Crippen LogP contribution in [0.4, 0.5) is 26.3 Å². The molecule has 0 amide bonds. The average Bonchev–Trinajstić information content (AvgIpc) is 2.68. The van der Waals surface area contributed by atoms with Gasteiger partial charge in [-0.25, -0.2) is 0 Å². The van der Waals surface area contributed by atoms with Crippen LogP contribution in [0.1, 0.15) is 0 Å². The van der Waals surface area contributed by atoms with E-state index in [4.69, 9.17) is 5.11 Å². The van der Waals surface area contributed by atoms with Crippen molar-refractivity contribution in [3.05, 3.63) is 11.3 Å². The highest BCUT2D eigenvalue weighted by atomic mass is 19.4. The number of aliphatic imine (C=N–C) groups is 1. The number of ketones is 1. The molecule has 0 unspecified atom stereocenters. The molecule has 0 bridgehead atoms. The van der Waals surface area contributed by atoms with E-state index >= 15 is 0 Å². The van der Waals surface area contributed by atoms with Crippen molar-refractivity contribution in [3.63, 3.8) is 0 Å². The zero-order valence-corrected chi connectivity index (χ0v) is 8.48. The van der Waals surface area contributed by atoms with Crippen molar-refractivity contribution in [1.29, 1.82) is 0 Å². The van der Waals surface area contributed by atoms with E-state index in [-0.39, 0.29) is 13.1 Å². The van der Waals surface area contributed by atoms with E-state index in [0.717, 1.165) is 0 Å². The molecule has 0 aromatic heterocycles. The van der Waals surface area contributed by atoms with Gasteiger partial charge in [-0.2, -0.15) is 26.3 Å². The van der Waals surface area contributed by atoms with Crippen LogP contribution in [-0.4, -0.2) is 42.2 Å². The summed E-state index contributed by atoms with van der Waals surface area (Å²) in [6.45, 7) is -0.107. The number of nitrogens with one attached hydrogen (secondary N) is 1. The lowest BCUT2D eigenvalue weighted by molar-refractivity contribution is -0.167. The van der Waals surface area contributed by atoms with E-state index in [1.54, 1.807) is 0 Å². The van der Waals surface area contributed by atoms with Crippen molar-refractivity contribution in [2.24, 2.45) is 4.99 Å². The van der Waals surface area contributed by atoms with E-state index in [0.29, 0.717) is 0 Å². The summed E-state index contributed by atoms with van der Waals surface area (Å²) in [6, 6.07) is 0. The molecule has 1 heterocycles. The molecule has 0 fully saturated rings. The minimum Gasteiger partial charge on any atom is -0.504 e. The molecule has 0 radical (unpaired) electrons. The maximum absolute atomic E-state index is 12.2. The van der Waals surface area contributed by atoms with Crippen LogP contribution < -0.4 is 5.32 Å². The Balaban J connectivity index is 3.32. The highest BCUT2D eigenvalue weighted by Crippen LogP contribution is 2.30. The maximum atomic E-state index is 12.2. The fourth-order valence-corrected chi connectivity index (χ4v) is 1.18. The summed E-state index contributed by atoms with van der Waals surface area (Å²) in [5, 5.41) is 10.8. The van der Waals surface area contributed by atoms with Crippen molar-refractivity contribution in [1.82, 2.24) is 5.32 Å². The zero-order chi connectivity index (χ0) is 14.1. The lowest BCUT2D eigenvalue weighted by Gasteiger charge is -2.14. The Labute approximate surface area is 96.0 Å². The number of aliphatic hydroxyl groups excluding tert-OH is 1. The van der Waals surface area contributed by atoms with E-state index < -0.39 is 35.3 Å². The summed E-state index contributed by atoms with van der Waals surface area (Å²) in [7, 11) is 0. The molecule has 18 heavy (non-hydrogen) atoms. The van der Waals surface area contributed by atoms with Crippen molar-refractivity contribution >= 4 is 11.6 Å². The van der Waals surface area contributed by atoms with E-state index in [1.165, 1.54) is 0 Å². The van der Waals surface area contributed by atoms with E-state index in [1.807, 2.05) is 0 Å². The first-order chi connectivity index (χ1) is 8.05. The Morgan fingerprint density at radius 3 is 2.06 bits per heavy atom. The van der Waals surface area contributed by atoms with Gasteiger partial charge in [0.15, 0.2) is 0 Å². The molecule has 102 valence electrons. The van der Waals surface area contributed by atoms with Gasteiger partial charge in [0.25, 0.3) is 5.78 Å². The second-order valence-corrected chi connectivity index (χ2v) is 3.21. The number of hydrogen-bond acceptors (Lipinski definition) is 4. The summed E-state index contributed by atoms with van der Waals surface area (Å²) in [5.74, 6) is -6.32. The van der Waals surface area contributed by atoms with Crippen LogP contribution in [0.15, 0.2) is 16.3 Å². The summed E-state index contributed by atoms with van der Waals surface area (Å²) < 4.78 is 73.0. The molecular formula is C8H6F6N2O2. The Morgan fingerprint density at radius 1 is 1.17 bits per heavy atom. The number of nitrogens with zero attached hydrogens (tertiary/aromatic N) is 1. The minimum absolute atomic E-state index is 0.0187. The number of rotatable bonds is 2. The van der Waals surface area contributed by atoms with E-state index in [9.17, 15) is 31.1 Å². The third-order valence-corrected chi connectivity index (χ3v) is 1.90. The van der Waals surface area contributed by atoms with Gasteiger partial charge in [-0.1, -0.05) is 0 Å². The average molecular weight is 276 g/mol. The Bertz CT molecular complexity index is 420. The third kappa shape index (κ3) is 2.93. The number of carbonyl (C=O) groups excluding carboxylic acids is 1. The number of alkyl halides is 6. The minimum atomic E-state index is -5.54. The monoisotopic (exact) mass is 276 g/mol. The first-order valence-electron chi connectivity index (χ1n) is 4.46. The molecule has 1 aliphatic heterocycles. The summed E-state index contributed by atoms with van der Waals surface area (Å²) in [5.41, 5.74) is -1.91. The van der Waals surface area contributed by atoms with Crippen LogP contribution in [0.3, 0.4) is 0 Å². The van der Waals surface area contributed by atoms with Crippen LogP contribution in [0.5, 0.6) is 0 Å². The van der Waals surface area contributed by atoms with Gasteiger partial charge < -0.3 is 10.4 Å².